The van der Waals surface area contributed by atoms with Crippen LogP contribution in [0.1, 0.15) is 30.3 Å². The molecule has 1 heterocycles. The van der Waals surface area contributed by atoms with E-state index in [1.807, 2.05) is 6.07 Å². The zero-order valence-corrected chi connectivity index (χ0v) is 12.9. The summed E-state index contributed by atoms with van der Waals surface area (Å²) in [6.07, 6.45) is 0. The van der Waals surface area contributed by atoms with Crippen LogP contribution in [0, 0.1) is 5.92 Å². The summed E-state index contributed by atoms with van der Waals surface area (Å²) in [7, 11) is 0. The van der Waals surface area contributed by atoms with Crippen LogP contribution >= 0.6 is 11.3 Å². The van der Waals surface area contributed by atoms with Gasteiger partial charge in [-0.15, -0.1) is 11.3 Å². The van der Waals surface area contributed by atoms with Crippen LogP contribution in [0.2, 0.25) is 0 Å². The second-order valence-electron chi connectivity index (χ2n) is 5.14. The van der Waals surface area contributed by atoms with Gasteiger partial charge in [0.05, 0.1) is 0 Å². The van der Waals surface area contributed by atoms with Gasteiger partial charge in [0.25, 0.3) is 0 Å². The first-order valence-electron chi connectivity index (χ1n) is 6.87. The standard InChI is InChI=1S/C16H19F2NOS/c1-11(2)15(14-4-3-9-21-14)19-10-12-5-7-13(8-6-12)20-16(17)18/h3-9,11,15-16,19H,10H2,1-2H3. The maximum Gasteiger partial charge on any atom is 0.387 e. The van der Waals surface area contributed by atoms with Crippen LogP contribution in [-0.4, -0.2) is 6.61 Å². The molecule has 1 unspecified atom stereocenters. The Morgan fingerprint density at radius 1 is 1.14 bits per heavy atom. The van der Waals surface area contributed by atoms with E-state index in [0.29, 0.717) is 18.5 Å². The van der Waals surface area contributed by atoms with Crippen molar-refractivity contribution in [2.45, 2.75) is 33.0 Å². The normalized spacial score (nSPS) is 12.9. The fourth-order valence-corrected chi connectivity index (χ4v) is 3.12. The lowest BCUT2D eigenvalue weighted by Crippen LogP contribution is -2.24. The summed E-state index contributed by atoms with van der Waals surface area (Å²) >= 11 is 1.74. The predicted molar refractivity (Wildman–Crippen MR) is 81.8 cm³/mol. The highest BCUT2D eigenvalue weighted by Crippen LogP contribution is 2.26. The number of halogens is 2. The minimum Gasteiger partial charge on any atom is -0.435 e. The van der Waals surface area contributed by atoms with Gasteiger partial charge in [-0.1, -0.05) is 32.0 Å². The number of hydrogen-bond acceptors (Lipinski definition) is 3. The molecule has 0 amide bonds. The number of nitrogens with one attached hydrogen (secondary N) is 1. The molecule has 114 valence electrons. The van der Waals surface area contributed by atoms with E-state index in [2.05, 4.69) is 35.3 Å². The Kier molecular flexibility index (Phi) is 5.70. The van der Waals surface area contributed by atoms with Gasteiger partial charge in [-0.3, -0.25) is 0 Å². The lowest BCUT2D eigenvalue weighted by Gasteiger charge is -2.21. The summed E-state index contributed by atoms with van der Waals surface area (Å²) in [4.78, 5) is 1.31. The summed E-state index contributed by atoms with van der Waals surface area (Å²) in [5.74, 6) is 0.664. The molecule has 0 spiro atoms. The minimum absolute atomic E-state index is 0.187. The Morgan fingerprint density at radius 2 is 1.86 bits per heavy atom. The van der Waals surface area contributed by atoms with Gasteiger partial charge in [0.15, 0.2) is 0 Å². The first kappa shape index (κ1) is 15.9. The molecule has 2 rings (SSSR count). The van der Waals surface area contributed by atoms with E-state index in [9.17, 15) is 8.78 Å². The zero-order chi connectivity index (χ0) is 15.2. The molecule has 0 fully saturated rings. The van der Waals surface area contributed by atoms with Gasteiger partial charge in [0, 0.05) is 17.5 Å². The summed E-state index contributed by atoms with van der Waals surface area (Å²) in [5, 5.41) is 5.59. The second kappa shape index (κ2) is 7.52. The number of rotatable bonds is 7. The van der Waals surface area contributed by atoms with E-state index in [1.54, 1.807) is 35.6 Å². The van der Waals surface area contributed by atoms with Crippen molar-refractivity contribution in [3.05, 3.63) is 52.2 Å². The Labute approximate surface area is 127 Å². The summed E-state index contributed by atoms with van der Waals surface area (Å²) in [5.41, 5.74) is 1.04. The second-order valence-corrected chi connectivity index (χ2v) is 6.12. The van der Waals surface area contributed by atoms with Crippen LogP contribution in [0.5, 0.6) is 5.75 Å². The van der Waals surface area contributed by atoms with E-state index < -0.39 is 6.61 Å². The molecule has 5 heteroatoms. The first-order valence-corrected chi connectivity index (χ1v) is 7.74. The molecule has 0 bridgehead atoms. The maximum atomic E-state index is 12.1. The third-order valence-electron chi connectivity index (χ3n) is 3.19. The molecule has 0 aliphatic carbocycles. The van der Waals surface area contributed by atoms with Crippen molar-refractivity contribution in [3.8, 4) is 5.75 Å². The maximum absolute atomic E-state index is 12.1. The average molecular weight is 311 g/mol. The van der Waals surface area contributed by atoms with Gasteiger partial charge in [-0.25, -0.2) is 0 Å². The minimum atomic E-state index is -2.78. The summed E-state index contributed by atoms with van der Waals surface area (Å²) in [6.45, 7) is 2.27. The molecule has 2 nitrogen and oxygen atoms in total. The lowest BCUT2D eigenvalue weighted by molar-refractivity contribution is -0.0498. The van der Waals surface area contributed by atoms with Gasteiger partial charge in [-0.05, 0) is 35.1 Å². The molecule has 1 N–H and O–H groups in total. The van der Waals surface area contributed by atoms with Gasteiger partial charge < -0.3 is 10.1 Å². The van der Waals surface area contributed by atoms with Crippen molar-refractivity contribution >= 4 is 11.3 Å². The molecule has 1 atom stereocenters. The third-order valence-corrected chi connectivity index (χ3v) is 4.15. The van der Waals surface area contributed by atoms with Crippen molar-refractivity contribution in [1.82, 2.24) is 5.32 Å². The largest absolute Gasteiger partial charge is 0.435 e. The number of ether oxygens (including phenoxy) is 1. The number of hydrogen-bond donors (Lipinski definition) is 1. The van der Waals surface area contributed by atoms with Crippen LogP contribution in [0.25, 0.3) is 0 Å². The molecule has 1 aromatic heterocycles. The molecular weight excluding hydrogens is 292 g/mol. The highest BCUT2D eigenvalue weighted by molar-refractivity contribution is 7.10. The van der Waals surface area contributed by atoms with Crippen LogP contribution in [-0.2, 0) is 6.54 Å². The molecule has 0 radical (unpaired) electrons. The van der Waals surface area contributed by atoms with E-state index in [-0.39, 0.29) is 5.75 Å². The Hall–Kier alpha value is -1.46. The lowest BCUT2D eigenvalue weighted by atomic mass is 10.0. The van der Waals surface area contributed by atoms with E-state index >= 15 is 0 Å². The third kappa shape index (κ3) is 4.79. The van der Waals surface area contributed by atoms with Gasteiger partial charge in [0.1, 0.15) is 5.75 Å². The molecular formula is C16H19F2NOS. The van der Waals surface area contributed by atoms with Crippen LogP contribution < -0.4 is 10.1 Å². The molecule has 1 aromatic carbocycles. The molecule has 0 aliphatic heterocycles. The van der Waals surface area contributed by atoms with Gasteiger partial charge >= 0.3 is 6.61 Å². The molecule has 2 aromatic rings. The smallest absolute Gasteiger partial charge is 0.387 e. The first-order chi connectivity index (χ1) is 10.1. The van der Waals surface area contributed by atoms with Crippen LogP contribution in [0.15, 0.2) is 41.8 Å². The average Bonchev–Trinajstić information content (AvgIpc) is 2.94. The zero-order valence-electron chi connectivity index (χ0n) is 12.1. The Bertz CT molecular complexity index is 526. The monoisotopic (exact) mass is 311 g/mol. The summed E-state index contributed by atoms with van der Waals surface area (Å²) < 4.78 is 28.5. The van der Waals surface area contributed by atoms with E-state index in [4.69, 9.17) is 0 Å². The number of benzene rings is 1. The van der Waals surface area contributed by atoms with Crippen molar-refractivity contribution in [2.24, 2.45) is 5.92 Å². The molecule has 0 saturated carbocycles. The Morgan fingerprint density at radius 3 is 2.38 bits per heavy atom. The number of thiophene rings is 1. The highest BCUT2D eigenvalue weighted by Gasteiger charge is 2.16. The summed E-state index contributed by atoms with van der Waals surface area (Å²) in [6, 6.07) is 11.2. The Balaban J connectivity index is 1.95. The van der Waals surface area contributed by atoms with Crippen molar-refractivity contribution in [1.29, 1.82) is 0 Å². The quantitative estimate of drug-likeness (QED) is 0.790. The SMILES string of the molecule is CC(C)C(NCc1ccc(OC(F)F)cc1)c1cccs1. The number of alkyl halides is 2. The van der Waals surface area contributed by atoms with E-state index in [1.165, 1.54) is 4.88 Å². The predicted octanol–water partition coefficient (Wildman–Crippen LogP) is 4.84. The fourth-order valence-electron chi connectivity index (χ4n) is 2.15. The fraction of sp³-hybridized carbons (Fsp3) is 0.375. The highest BCUT2D eigenvalue weighted by atomic mass is 32.1. The van der Waals surface area contributed by atoms with Crippen molar-refractivity contribution < 1.29 is 13.5 Å². The van der Waals surface area contributed by atoms with Crippen molar-refractivity contribution in [2.75, 3.05) is 0 Å². The van der Waals surface area contributed by atoms with E-state index in [0.717, 1.165) is 5.56 Å². The van der Waals surface area contributed by atoms with Gasteiger partial charge in [0.2, 0.25) is 0 Å². The molecule has 0 saturated heterocycles. The molecule has 21 heavy (non-hydrogen) atoms. The molecule has 0 aliphatic rings. The van der Waals surface area contributed by atoms with Crippen LogP contribution in [0.3, 0.4) is 0 Å². The van der Waals surface area contributed by atoms with Crippen LogP contribution in [0.4, 0.5) is 8.78 Å². The van der Waals surface area contributed by atoms with Crippen molar-refractivity contribution in [3.63, 3.8) is 0 Å². The topological polar surface area (TPSA) is 21.3 Å². The van der Waals surface area contributed by atoms with Gasteiger partial charge in [-0.2, -0.15) is 8.78 Å².